The first-order chi connectivity index (χ1) is 5.20. The van der Waals surface area contributed by atoms with Gasteiger partial charge < -0.3 is 0 Å². The van der Waals surface area contributed by atoms with E-state index in [0.29, 0.717) is 0 Å². The second kappa shape index (κ2) is 6.29. The van der Waals surface area contributed by atoms with Crippen LogP contribution in [0, 0.1) is 6.92 Å². The molecule has 0 radical (unpaired) electrons. The first-order valence-corrected chi connectivity index (χ1v) is 4.41. The van der Waals surface area contributed by atoms with Crippen LogP contribution in [0.4, 0.5) is 0 Å². The maximum atomic E-state index is 4.13. The highest BCUT2D eigenvalue weighted by Gasteiger charge is 1.80. The average molecular weight is 168 g/mol. The summed E-state index contributed by atoms with van der Waals surface area (Å²) in [6, 6.07) is 8.06. The van der Waals surface area contributed by atoms with Crippen LogP contribution in [0.5, 0.6) is 0 Å². The highest BCUT2D eigenvalue weighted by Crippen LogP contribution is 2.05. The molecule has 0 aliphatic rings. The quantitative estimate of drug-likeness (QED) is 0.561. The molecular weight excluding hydrogens is 152 g/mol. The molecule has 1 rings (SSSR count). The molecule has 0 unspecified atom stereocenters. The van der Waals surface area contributed by atoms with E-state index in [2.05, 4.69) is 33.4 Å². The summed E-state index contributed by atoms with van der Waals surface area (Å²) in [7, 11) is 0. The van der Waals surface area contributed by atoms with Crippen LogP contribution < -0.4 is 0 Å². The van der Waals surface area contributed by atoms with E-state index in [9.17, 15) is 0 Å². The molecule has 0 heterocycles. The highest BCUT2D eigenvalue weighted by atomic mass is 32.1. The van der Waals surface area contributed by atoms with Gasteiger partial charge in [-0.05, 0) is 19.1 Å². The highest BCUT2D eigenvalue weighted by molar-refractivity contribution is 7.80. The van der Waals surface area contributed by atoms with Gasteiger partial charge in [0.1, 0.15) is 0 Å². The average Bonchev–Trinajstić information content (AvgIpc) is 1.97. The number of hydrogen-bond acceptors (Lipinski definition) is 1. The van der Waals surface area contributed by atoms with Gasteiger partial charge in [-0.25, -0.2) is 0 Å². The predicted octanol–water partition coefficient (Wildman–Crippen LogP) is 3.70. The van der Waals surface area contributed by atoms with E-state index in [1.807, 2.05) is 24.3 Å². The van der Waals surface area contributed by atoms with E-state index in [1.165, 1.54) is 12.0 Å². The molecule has 0 bridgehead atoms. The minimum Gasteiger partial charge on any atom is -0.143 e. The molecule has 0 fully saturated rings. The van der Waals surface area contributed by atoms with Crippen molar-refractivity contribution in [3.05, 3.63) is 29.8 Å². The standard InChI is InChI=1S/C7H8S.C3H8/c1-6-2-4-7(8)5-3-6;1-3-2/h2-5,8H,1H3;3H2,1-2H3. The molecule has 0 aliphatic carbocycles. The normalized spacial score (nSPS) is 8.36. The number of rotatable bonds is 0. The van der Waals surface area contributed by atoms with Gasteiger partial charge in [-0.3, -0.25) is 0 Å². The molecule has 1 aromatic carbocycles. The van der Waals surface area contributed by atoms with Crippen LogP contribution >= 0.6 is 12.6 Å². The summed E-state index contributed by atoms with van der Waals surface area (Å²) in [6.45, 7) is 6.31. The molecule has 0 atom stereocenters. The Bertz CT molecular complexity index is 156. The zero-order valence-electron chi connectivity index (χ0n) is 7.46. The van der Waals surface area contributed by atoms with Crippen LogP contribution in [0.1, 0.15) is 25.8 Å². The Morgan fingerprint density at radius 1 is 1.09 bits per heavy atom. The third-order valence-corrected chi connectivity index (χ3v) is 1.33. The van der Waals surface area contributed by atoms with Crippen LogP contribution in [0.25, 0.3) is 0 Å². The van der Waals surface area contributed by atoms with E-state index in [1.54, 1.807) is 0 Å². The molecule has 1 heteroatoms. The molecule has 0 saturated carbocycles. The smallest absolute Gasteiger partial charge is 0.00401 e. The Hall–Kier alpha value is -0.430. The van der Waals surface area contributed by atoms with Gasteiger partial charge in [0.15, 0.2) is 0 Å². The Morgan fingerprint density at radius 2 is 1.45 bits per heavy atom. The minimum atomic E-state index is 1.02. The molecule has 0 saturated heterocycles. The fourth-order valence-corrected chi connectivity index (χ4v) is 0.694. The maximum absolute atomic E-state index is 4.13. The van der Waals surface area contributed by atoms with Gasteiger partial charge in [-0.15, -0.1) is 12.6 Å². The Balaban J connectivity index is 0.000000292. The maximum Gasteiger partial charge on any atom is 0.00401 e. The third-order valence-electron chi connectivity index (χ3n) is 1.03. The lowest BCUT2D eigenvalue weighted by Crippen LogP contribution is -1.67. The van der Waals surface area contributed by atoms with Crippen molar-refractivity contribution in [3.63, 3.8) is 0 Å². The lowest BCUT2D eigenvalue weighted by molar-refractivity contribution is 1.09. The molecule has 0 spiro atoms. The zero-order valence-corrected chi connectivity index (χ0v) is 8.36. The fraction of sp³-hybridized carbons (Fsp3) is 0.400. The first-order valence-electron chi connectivity index (χ1n) is 3.96. The van der Waals surface area contributed by atoms with E-state index in [0.717, 1.165) is 4.90 Å². The summed E-state index contributed by atoms with van der Waals surface area (Å²) in [5, 5.41) is 0. The number of aryl methyl sites for hydroxylation is 1. The van der Waals surface area contributed by atoms with Gasteiger partial charge in [0.05, 0.1) is 0 Å². The van der Waals surface area contributed by atoms with Crippen molar-refractivity contribution < 1.29 is 0 Å². The number of benzene rings is 1. The van der Waals surface area contributed by atoms with Crippen LogP contribution in [0.2, 0.25) is 0 Å². The molecule has 0 N–H and O–H groups in total. The second-order valence-electron chi connectivity index (χ2n) is 2.54. The van der Waals surface area contributed by atoms with E-state index < -0.39 is 0 Å². The number of hydrogen-bond donors (Lipinski definition) is 1. The van der Waals surface area contributed by atoms with Crippen molar-refractivity contribution in [2.24, 2.45) is 0 Å². The topological polar surface area (TPSA) is 0 Å². The van der Waals surface area contributed by atoms with Crippen LogP contribution in [0.15, 0.2) is 29.2 Å². The van der Waals surface area contributed by atoms with Crippen molar-refractivity contribution in [2.45, 2.75) is 32.1 Å². The van der Waals surface area contributed by atoms with Crippen molar-refractivity contribution in [3.8, 4) is 0 Å². The number of thiol groups is 1. The summed E-state index contributed by atoms with van der Waals surface area (Å²) in [4.78, 5) is 1.02. The predicted molar refractivity (Wildman–Crippen MR) is 54.4 cm³/mol. The lowest BCUT2D eigenvalue weighted by atomic mass is 10.2. The molecule has 0 aromatic heterocycles. The molecule has 0 amide bonds. The van der Waals surface area contributed by atoms with Crippen LogP contribution in [-0.4, -0.2) is 0 Å². The first kappa shape index (κ1) is 10.6. The summed E-state index contributed by atoms with van der Waals surface area (Å²) >= 11 is 4.13. The molecule has 1 aromatic rings. The summed E-state index contributed by atoms with van der Waals surface area (Å²) in [5.74, 6) is 0. The van der Waals surface area contributed by atoms with Crippen molar-refractivity contribution in [1.29, 1.82) is 0 Å². The Kier molecular flexibility index (Phi) is 6.05. The van der Waals surface area contributed by atoms with Crippen molar-refractivity contribution in [1.82, 2.24) is 0 Å². The van der Waals surface area contributed by atoms with Gasteiger partial charge in [-0.1, -0.05) is 38.0 Å². The summed E-state index contributed by atoms with van der Waals surface area (Å²) in [6.07, 6.45) is 1.25. The largest absolute Gasteiger partial charge is 0.143 e. The molecule has 62 valence electrons. The Labute approximate surface area is 75.1 Å². The molecule has 0 nitrogen and oxygen atoms in total. The fourth-order valence-electron chi connectivity index (χ4n) is 0.545. The van der Waals surface area contributed by atoms with Gasteiger partial charge >= 0.3 is 0 Å². The minimum absolute atomic E-state index is 1.02. The van der Waals surface area contributed by atoms with E-state index in [4.69, 9.17) is 0 Å². The van der Waals surface area contributed by atoms with Crippen molar-refractivity contribution in [2.75, 3.05) is 0 Å². The summed E-state index contributed by atoms with van der Waals surface area (Å²) in [5.41, 5.74) is 1.28. The Morgan fingerprint density at radius 3 is 1.73 bits per heavy atom. The molecular formula is C10H16S. The SMILES string of the molecule is CCC.Cc1ccc(S)cc1. The monoisotopic (exact) mass is 168 g/mol. The van der Waals surface area contributed by atoms with E-state index >= 15 is 0 Å². The second-order valence-corrected chi connectivity index (χ2v) is 3.06. The van der Waals surface area contributed by atoms with Gasteiger partial charge in [0, 0.05) is 4.90 Å². The molecule has 0 aliphatic heterocycles. The van der Waals surface area contributed by atoms with Crippen LogP contribution in [0.3, 0.4) is 0 Å². The van der Waals surface area contributed by atoms with Gasteiger partial charge in [0.2, 0.25) is 0 Å². The summed E-state index contributed by atoms with van der Waals surface area (Å²) < 4.78 is 0. The zero-order chi connectivity index (χ0) is 8.69. The van der Waals surface area contributed by atoms with E-state index in [-0.39, 0.29) is 0 Å². The van der Waals surface area contributed by atoms with Crippen LogP contribution in [-0.2, 0) is 0 Å². The lowest BCUT2D eigenvalue weighted by Gasteiger charge is -1.89. The van der Waals surface area contributed by atoms with Gasteiger partial charge in [0.25, 0.3) is 0 Å². The van der Waals surface area contributed by atoms with Gasteiger partial charge in [-0.2, -0.15) is 0 Å². The van der Waals surface area contributed by atoms with Crippen molar-refractivity contribution >= 4 is 12.6 Å². The third kappa shape index (κ3) is 5.99. The molecule has 11 heavy (non-hydrogen) atoms.